The summed E-state index contributed by atoms with van der Waals surface area (Å²) < 4.78 is 18.5. The van der Waals surface area contributed by atoms with Gasteiger partial charge in [0, 0.05) is 6.54 Å². The summed E-state index contributed by atoms with van der Waals surface area (Å²) >= 11 is 0. The van der Waals surface area contributed by atoms with E-state index < -0.39 is 0 Å². The van der Waals surface area contributed by atoms with Crippen molar-refractivity contribution in [3.8, 4) is 5.75 Å². The first-order chi connectivity index (χ1) is 7.75. The largest absolute Gasteiger partial charge is 0.492 e. The SMILES string of the molecule is Cc1cc(OCCNCC2CC2)ccc1F. The molecule has 0 heterocycles. The molecule has 1 aromatic rings. The fraction of sp³-hybridized carbons (Fsp3) is 0.538. The van der Waals surface area contributed by atoms with Crippen molar-refractivity contribution in [1.82, 2.24) is 5.32 Å². The van der Waals surface area contributed by atoms with Crippen LogP contribution in [0.5, 0.6) is 5.75 Å². The van der Waals surface area contributed by atoms with E-state index in [-0.39, 0.29) is 5.82 Å². The van der Waals surface area contributed by atoms with Crippen LogP contribution in [0.4, 0.5) is 4.39 Å². The van der Waals surface area contributed by atoms with Crippen LogP contribution >= 0.6 is 0 Å². The summed E-state index contributed by atoms with van der Waals surface area (Å²) in [6.45, 7) is 4.34. The highest BCUT2D eigenvalue weighted by Crippen LogP contribution is 2.27. The monoisotopic (exact) mass is 223 g/mol. The molecule has 88 valence electrons. The topological polar surface area (TPSA) is 21.3 Å². The van der Waals surface area contributed by atoms with E-state index in [0.717, 1.165) is 24.8 Å². The van der Waals surface area contributed by atoms with Crippen molar-refractivity contribution in [1.29, 1.82) is 0 Å². The average molecular weight is 223 g/mol. The molecule has 0 amide bonds. The predicted molar refractivity (Wildman–Crippen MR) is 62.2 cm³/mol. The summed E-state index contributed by atoms with van der Waals surface area (Å²) in [5.41, 5.74) is 0.628. The molecule has 2 rings (SSSR count). The van der Waals surface area contributed by atoms with Crippen molar-refractivity contribution in [2.24, 2.45) is 5.92 Å². The van der Waals surface area contributed by atoms with Gasteiger partial charge in [-0.3, -0.25) is 0 Å². The first-order valence-corrected chi connectivity index (χ1v) is 5.85. The molecule has 0 spiro atoms. The first-order valence-electron chi connectivity index (χ1n) is 5.85. The summed E-state index contributed by atoms with van der Waals surface area (Å²) in [6.07, 6.45) is 2.73. The van der Waals surface area contributed by atoms with E-state index in [1.807, 2.05) is 0 Å². The molecule has 0 atom stereocenters. The fourth-order valence-electron chi connectivity index (χ4n) is 1.58. The van der Waals surface area contributed by atoms with Crippen LogP contribution in [-0.4, -0.2) is 19.7 Å². The molecule has 0 aromatic heterocycles. The van der Waals surface area contributed by atoms with Gasteiger partial charge in [-0.1, -0.05) is 0 Å². The molecule has 2 nitrogen and oxygen atoms in total. The Balaban J connectivity index is 1.65. The molecule has 0 radical (unpaired) electrons. The third-order valence-electron chi connectivity index (χ3n) is 2.81. The lowest BCUT2D eigenvalue weighted by atomic mass is 10.2. The molecule has 0 bridgehead atoms. The Morgan fingerprint density at radius 2 is 2.25 bits per heavy atom. The molecular formula is C13H18FNO. The molecule has 1 saturated carbocycles. The van der Waals surface area contributed by atoms with Crippen molar-refractivity contribution in [2.45, 2.75) is 19.8 Å². The van der Waals surface area contributed by atoms with Gasteiger partial charge in [0.05, 0.1) is 0 Å². The van der Waals surface area contributed by atoms with Crippen molar-refractivity contribution in [3.63, 3.8) is 0 Å². The van der Waals surface area contributed by atoms with E-state index >= 15 is 0 Å². The van der Waals surface area contributed by atoms with Crippen LogP contribution in [0.2, 0.25) is 0 Å². The predicted octanol–water partition coefficient (Wildman–Crippen LogP) is 2.51. The van der Waals surface area contributed by atoms with Crippen molar-refractivity contribution >= 4 is 0 Å². The van der Waals surface area contributed by atoms with E-state index in [0.29, 0.717) is 12.2 Å². The minimum absolute atomic E-state index is 0.181. The molecule has 0 unspecified atom stereocenters. The van der Waals surface area contributed by atoms with E-state index in [9.17, 15) is 4.39 Å². The number of rotatable bonds is 6. The molecule has 1 fully saturated rings. The quantitative estimate of drug-likeness (QED) is 0.748. The normalized spacial score (nSPS) is 15.1. The molecule has 1 N–H and O–H groups in total. The lowest BCUT2D eigenvalue weighted by Gasteiger charge is -2.08. The lowest BCUT2D eigenvalue weighted by molar-refractivity contribution is 0.312. The number of ether oxygens (including phenoxy) is 1. The molecule has 0 aliphatic heterocycles. The van der Waals surface area contributed by atoms with E-state index in [1.54, 1.807) is 19.1 Å². The van der Waals surface area contributed by atoms with Gasteiger partial charge in [-0.2, -0.15) is 0 Å². The third kappa shape index (κ3) is 3.49. The van der Waals surface area contributed by atoms with E-state index in [1.165, 1.54) is 18.9 Å². The van der Waals surface area contributed by atoms with Gasteiger partial charge in [0.25, 0.3) is 0 Å². The van der Waals surface area contributed by atoms with Gasteiger partial charge in [0.15, 0.2) is 0 Å². The van der Waals surface area contributed by atoms with Gasteiger partial charge >= 0.3 is 0 Å². The molecule has 16 heavy (non-hydrogen) atoms. The minimum atomic E-state index is -0.181. The van der Waals surface area contributed by atoms with Crippen LogP contribution in [0.15, 0.2) is 18.2 Å². The van der Waals surface area contributed by atoms with Gasteiger partial charge in [-0.05, 0) is 56.0 Å². The maximum atomic E-state index is 13.0. The lowest BCUT2D eigenvalue weighted by Crippen LogP contribution is -2.23. The highest BCUT2D eigenvalue weighted by atomic mass is 19.1. The summed E-state index contributed by atoms with van der Waals surface area (Å²) in [7, 11) is 0. The van der Waals surface area contributed by atoms with Crippen molar-refractivity contribution < 1.29 is 9.13 Å². The van der Waals surface area contributed by atoms with Crippen LogP contribution < -0.4 is 10.1 Å². The van der Waals surface area contributed by atoms with Gasteiger partial charge in [0.2, 0.25) is 0 Å². The van der Waals surface area contributed by atoms with Crippen LogP contribution in [0.25, 0.3) is 0 Å². The molecule has 1 aliphatic carbocycles. The zero-order valence-corrected chi connectivity index (χ0v) is 9.63. The highest BCUT2D eigenvalue weighted by molar-refractivity contribution is 5.28. The smallest absolute Gasteiger partial charge is 0.126 e. The van der Waals surface area contributed by atoms with Crippen LogP contribution in [0.1, 0.15) is 18.4 Å². The second-order valence-electron chi connectivity index (χ2n) is 4.41. The minimum Gasteiger partial charge on any atom is -0.492 e. The third-order valence-corrected chi connectivity index (χ3v) is 2.81. The number of hydrogen-bond acceptors (Lipinski definition) is 2. The maximum absolute atomic E-state index is 13.0. The summed E-state index contributed by atoms with van der Waals surface area (Å²) in [5.74, 6) is 1.46. The van der Waals surface area contributed by atoms with Crippen LogP contribution in [0.3, 0.4) is 0 Å². The first kappa shape index (κ1) is 11.4. The summed E-state index contributed by atoms with van der Waals surface area (Å²) in [6, 6.07) is 4.85. The Morgan fingerprint density at radius 1 is 1.44 bits per heavy atom. The molecular weight excluding hydrogens is 205 g/mol. The van der Waals surface area contributed by atoms with E-state index in [4.69, 9.17) is 4.74 Å². The van der Waals surface area contributed by atoms with Crippen molar-refractivity contribution in [2.75, 3.05) is 19.7 Å². The summed E-state index contributed by atoms with van der Waals surface area (Å²) in [4.78, 5) is 0. The standard InChI is InChI=1S/C13H18FNO/c1-10-8-12(4-5-13(10)14)16-7-6-15-9-11-2-3-11/h4-5,8,11,15H,2-3,6-7,9H2,1H3. The van der Waals surface area contributed by atoms with E-state index in [2.05, 4.69) is 5.32 Å². The number of aryl methyl sites for hydroxylation is 1. The molecule has 1 aliphatic rings. The molecule has 3 heteroatoms. The number of halogens is 1. The van der Waals surface area contributed by atoms with Gasteiger partial charge < -0.3 is 10.1 Å². The zero-order valence-electron chi connectivity index (χ0n) is 9.63. The molecule has 0 saturated heterocycles. The Bertz CT molecular complexity index is 350. The Labute approximate surface area is 95.8 Å². The van der Waals surface area contributed by atoms with Crippen LogP contribution in [0, 0.1) is 18.7 Å². The second-order valence-corrected chi connectivity index (χ2v) is 4.41. The number of hydrogen-bond donors (Lipinski definition) is 1. The van der Waals surface area contributed by atoms with Gasteiger partial charge in [-0.15, -0.1) is 0 Å². The van der Waals surface area contributed by atoms with Crippen LogP contribution in [-0.2, 0) is 0 Å². The fourth-order valence-corrected chi connectivity index (χ4v) is 1.58. The Kier molecular flexibility index (Phi) is 3.78. The van der Waals surface area contributed by atoms with Gasteiger partial charge in [0.1, 0.15) is 18.2 Å². The Hall–Kier alpha value is -1.09. The second kappa shape index (κ2) is 5.30. The maximum Gasteiger partial charge on any atom is 0.126 e. The molecule has 1 aromatic carbocycles. The number of benzene rings is 1. The van der Waals surface area contributed by atoms with Crippen molar-refractivity contribution in [3.05, 3.63) is 29.6 Å². The Morgan fingerprint density at radius 3 is 2.94 bits per heavy atom. The summed E-state index contributed by atoms with van der Waals surface area (Å²) in [5, 5.41) is 3.34. The highest BCUT2D eigenvalue weighted by Gasteiger charge is 2.19. The number of nitrogens with one attached hydrogen (secondary N) is 1. The van der Waals surface area contributed by atoms with Gasteiger partial charge in [-0.25, -0.2) is 4.39 Å². The average Bonchev–Trinajstić information content (AvgIpc) is 3.07. The zero-order chi connectivity index (χ0) is 11.4.